The third-order valence-electron chi connectivity index (χ3n) is 3.53. The van der Waals surface area contributed by atoms with Gasteiger partial charge in [0, 0.05) is 19.2 Å². The van der Waals surface area contributed by atoms with Crippen LogP contribution in [0.2, 0.25) is 0 Å². The molecule has 0 bridgehead atoms. The summed E-state index contributed by atoms with van der Waals surface area (Å²) in [6, 6.07) is 15.7. The summed E-state index contributed by atoms with van der Waals surface area (Å²) >= 11 is 0. The Morgan fingerprint density at radius 3 is 2.81 bits per heavy atom. The highest BCUT2D eigenvalue weighted by Crippen LogP contribution is 2.13. The average Bonchev–Trinajstić information content (AvgIpc) is 2.89. The number of benzene rings is 2. The summed E-state index contributed by atoms with van der Waals surface area (Å²) in [4.78, 5) is 16.4. The molecule has 0 atom stereocenters. The first kappa shape index (κ1) is 13.4. The molecule has 1 heterocycles. The van der Waals surface area contributed by atoms with Crippen molar-refractivity contribution in [3.8, 4) is 0 Å². The van der Waals surface area contributed by atoms with E-state index in [1.165, 1.54) is 5.56 Å². The van der Waals surface area contributed by atoms with Crippen molar-refractivity contribution in [3.05, 3.63) is 66.0 Å². The monoisotopic (exact) mass is 279 g/mol. The van der Waals surface area contributed by atoms with Gasteiger partial charge in [0.1, 0.15) is 0 Å². The summed E-state index contributed by atoms with van der Waals surface area (Å²) < 4.78 is 1.91. The number of hydrogen-bond donors (Lipinski definition) is 1. The van der Waals surface area contributed by atoms with E-state index in [1.807, 2.05) is 48.0 Å². The zero-order chi connectivity index (χ0) is 14.7. The van der Waals surface area contributed by atoms with Crippen LogP contribution >= 0.6 is 0 Å². The van der Waals surface area contributed by atoms with Crippen LogP contribution < -0.4 is 5.32 Å². The van der Waals surface area contributed by atoms with Gasteiger partial charge in [-0.1, -0.05) is 30.3 Å². The van der Waals surface area contributed by atoms with E-state index >= 15 is 0 Å². The molecule has 1 amide bonds. The van der Waals surface area contributed by atoms with Gasteiger partial charge in [0.2, 0.25) is 0 Å². The van der Waals surface area contributed by atoms with Gasteiger partial charge in [-0.25, -0.2) is 4.98 Å². The molecule has 4 heteroatoms. The number of aryl methyl sites for hydroxylation is 1. The van der Waals surface area contributed by atoms with Crippen molar-refractivity contribution in [2.24, 2.45) is 7.05 Å². The number of carbonyl (C=O) groups excluding carboxylic acids is 1. The van der Waals surface area contributed by atoms with Crippen molar-refractivity contribution < 1.29 is 4.79 Å². The molecule has 0 unspecified atom stereocenters. The molecule has 106 valence electrons. The summed E-state index contributed by atoms with van der Waals surface area (Å²) in [5.74, 6) is -0.0472. The lowest BCUT2D eigenvalue weighted by Gasteiger charge is -2.06. The van der Waals surface area contributed by atoms with Crippen molar-refractivity contribution in [2.75, 3.05) is 6.54 Å². The molecule has 0 radical (unpaired) electrons. The molecule has 2 aromatic carbocycles. The van der Waals surface area contributed by atoms with Crippen molar-refractivity contribution in [1.82, 2.24) is 14.9 Å². The summed E-state index contributed by atoms with van der Waals surface area (Å²) in [6.45, 7) is 0.631. The summed E-state index contributed by atoms with van der Waals surface area (Å²) in [5, 5.41) is 2.96. The van der Waals surface area contributed by atoms with Crippen LogP contribution in [0, 0.1) is 0 Å². The number of aromatic nitrogens is 2. The van der Waals surface area contributed by atoms with Gasteiger partial charge in [0.15, 0.2) is 0 Å². The molecular formula is C17H17N3O. The van der Waals surface area contributed by atoms with Crippen LogP contribution in [0.5, 0.6) is 0 Å². The zero-order valence-corrected chi connectivity index (χ0v) is 11.9. The Kier molecular flexibility index (Phi) is 3.69. The Labute approximate surface area is 123 Å². The van der Waals surface area contributed by atoms with E-state index < -0.39 is 0 Å². The van der Waals surface area contributed by atoms with Crippen molar-refractivity contribution in [3.63, 3.8) is 0 Å². The molecule has 3 aromatic rings. The molecule has 0 aliphatic rings. The number of hydrogen-bond acceptors (Lipinski definition) is 2. The fourth-order valence-corrected chi connectivity index (χ4v) is 2.33. The Morgan fingerprint density at radius 2 is 2.00 bits per heavy atom. The first-order valence-electron chi connectivity index (χ1n) is 6.97. The largest absolute Gasteiger partial charge is 0.352 e. The van der Waals surface area contributed by atoms with Gasteiger partial charge < -0.3 is 9.88 Å². The smallest absolute Gasteiger partial charge is 0.251 e. The van der Waals surface area contributed by atoms with E-state index in [4.69, 9.17) is 0 Å². The number of fused-ring (bicyclic) bond motifs is 1. The minimum atomic E-state index is -0.0472. The van der Waals surface area contributed by atoms with Crippen LogP contribution in [0.15, 0.2) is 54.9 Å². The fourth-order valence-electron chi connectivity index (χ4n) is 2.33. The van der Waals surface area contributed by atoms with Crippen molar-refractivity contribution in [2.45, 2.75) is 6.42 Å². The minimum absolute atomic E-state index is 0.0472. The molecule has 0 saturated heterocycles. The fraction of sp³-hybridized carbons (Fsp3) is 0.176. The van der Waals surface area contributed by atoms with Gasteiger partial charge in [-0.05, 0) is 30.2 Å². The van der Waals surface area contributed by atoms with Crippen LogP contribution in [0.25, 0.3) is 11.0 Å². The first-order valence-corrected chi connectivity index (χ1v) is 6.97. The van der Waals surface area contributed by atoms with Gasteiger partial charge >= 0.3 is 0 Å². The summed E-state index contributed by atoms with van der Waals surface area (Å²) in [6.07, 6.45) is 2.59. The minimum Gasteiger partial charge on any atom is -0.352 e. The van der Waals surface area contributed by atoms with E-state index in [0.717, 1.165) is 17.5 Å². The first-order chi connectivity index (χ1) is 10.2. The maximum Gasteiger partial charge on any atom is 0.251 e. The van der Waals surface area contributed by atoms with E-state index in [1.54, 1.807) is 6.33 Å². The molecule has 3 rings (SSSR count). The highest BCUT2D eigenvalue weighted by atomic mass is 16.1. The second-order valence-corrected chi connectivity index (χ2v) is 5.05. The third-order valence-corrected chi connectivity index (χ3v) is 3.53. The van der Waals surface area contributed by atoms with E-state index in [-0.39, 0.29) is 5.91 Å². The molecule has 0 spiro atoms. The van der Waals surface area contributed by atoms with Crippen molar-refractivity contribution >= 4 is 16.9 Å². The van der Waals surface area contributed by atoms with E-state index in [2.05, 4.69) is 22.4 Å². The number of amides is 1. The summed E-state index contributed by atoms with van der Waals surface area (Å²) in [7, 11) is 1.92. The van der Waals surface area contributed by atoms with Crippen LogP contribution in [0.4, 0.5) is 0 Å². The Balaban J connectivity index is 1.65. The van der Waals surface area contributed by atoms with Crippen LogP contribution in [-0.4, -0.2) is 22.0 Å². The average molecular weight is 279 g/mol. The van der Waals surface area contributed by atoms with Gasteiger partial charge in [0.25, 0.3) is 5.91 Å². The standard InChI is InChI=1S/C17H17N3O/c1-20-12-19-15-8-7-14(11-16(15)20)17(21)18-10-9-13-5-3-2-4-6-13/h2-8,11-12H,9-10H2,1H3,(H,18,21). The van der Waals surface area contributed by atoms with E-state index in [0.29, 0.717) is 12.1 Å². The lowest BCUT2D eigenvalue weighted by Crippen LogP contribution is -2.25. The van der Waals surface area contributed by atoms with E-state index in [9.17, 15) is 4.79 Å². The second kappa shape index (κ2) is 5.79. The van der Waals surface area contributed by atoms with Gasteiger partial charge in [-0.2, -0.15) is 0 Å². The number of rotatable bonds is 4. The highest BCUT2D eigenvalue weighted by molar-refractivity contribution is 5.97. The quantitative estimate of drug-likeness (QED) is 0.798. The maximum atomic E-state index is 12.2. The normalized spacial score (nSPS) is 10.7. The molecule has 4 nitrogen and oxygen atoms in total. The lowest BCUT2D eigenvalue weighted by molar-refractivity contribution is 0.0954. The molecule has 1 N–H and O–H groups in total. The van der Waals surface area contributed by atoms with Crippen LogP contribution in [0.3, 0.4) is 0 Å². The molecular weight excluding hydrogens is 262 g/mol. The summed E-state index contributed by atoms with van der Waals surface area (Å²) in [5.41, 5.74) is 3.75. The Morgan fingerprint density at radius 1 is 1.19 bits per heavy atom. The number of nitrogens with one attached hydrogen (secondary N) is 1. The molecule has 0 aliphatic heterocycles. The number of nitrogens with zero attached hydrogens (tertiary/aromatic N) is 2. The van der Waals surface area contributed by atoms with Gasteiger partial charge in [-0.15, -0.1) is 0 Å². The topological polar surface area (TPSA) is 46.9 Å². The molecule has 0 saturated carbocycles. The van der Waals surface area contributed by atoms with Crippen LogP contribution in [-0.2, 0) is 13.5 Å². The maximum absolute atomic E-state index is 12.2. The van der Waals surface area contributed by atoms with Crippen molar-refractivity contribution in [1.29, 1.82) is 0 Å². The predicted molar refractivity (Wildman–Crippen MR) is 83.2 cm³/mol. The molecule has 21 heavy (non-hydrogen) atoms. The SMILES string of the molecule is Cn1cnc2ccc(C(=O)NCCc3ccccc3)cc21. The highest BCUT2D eigenvalue weighted by Gasteiger charge is 2.08. The second-order valence-electron chi connectivity index (χ2n) is 5.05. The van der Waals surface area contributed by atoms with Gasteiger partial charge in [-0.3, -0.25) is 4.79 Å². The Hall–Kier alpha value is -2.62. The Bertz CT molecular complexity index is 762. The van der Waals surface area contributed by atoms with Gasteiger partial charge in [0.05, 0.1) is 17.4 Å². The number of imidazole rings is 1. The molecule has 1 aromatic heterocycles. The molecule has 0 aliphatic carbocycles. The zero-order valence-electron chi connectivity index (χ0n) is 11.9. The third kappa shape index (κ3) is 2.94. The van der Waals surface area contributed by atoms with Crippen LogP contribution in [0.1, 0.15) is 15.9 Å². The molecule has 0 fully saturated rings. The number of carbonyl (C=O) groups is 1. The predicted octanol–water partition coefficient (Wildman–Crippen LogP) is 2.55. The lowest BCUT2D eigenvalue weighted by atomic mass is 10.1.